The molecule has 0 heterocycles. The Bertz CT molecular complexity index is 626. The SMILES string of the molecule is CCC(C)(CC)NS(=O)(=O)c1ccc(NN)c([N+](=O)[O-])c1. The Hall–Kier alpha value is -1.71. The highest BCUT2D eigenvalue weighted by Gasteiger charge is 2.29. The lowest BCUT2D eigenvalue weighted by Crippen LogP contribution is -2.44. The third kappa shape index (κ3) is 3.90. The lowest BCUT2D eigenvalue weighted by Gasteiger charge is -2.27. The number of nitrogens with one attached hydrogen (secondary N) is 2. The van der Waals surface area contributed by atoms with Gasteiger partial charge in [-0.15, -0.1) is 0 Å². The zero-order valence-electron chi connectivity index (χ0n) is 12.2. The zero-order valence-corrected chi connectivity index (χ0v) is 13.0. The van der Waals surface area contributed by atoms with E-state index in [1.807, 2.05) is 13.8 Å². The molecule has 0 spiro atoms. The van der Waals surface area contributed by atoms with Gasteiger partial charge in [0, 0.05) is 11.6 Å². The Labute approximate surface area is 123 Å². The van der Waals surface area contributed by atoms with E-state index in [1.165, 1.54) is 12.1 Å². The smallest absolute Gasteiger partial charge is 0.294 e. The van der Waals surface area contributed by atoms with Crippen LogP contribution >= 0.6 is 0 Å². The van der Waals surface area contributed by atoms with Crippen LogP contribution in [0.1, 0.15) is 33.6 Å². The highest BCUT2D eigenvalue weighted by atomic mass is 32.2. The van der Waals surface area contributed by atoms with Crippen LogP contribution in [0.2, 0.25) is 0 Å². The minimum atomic E-state index is -3.85. The lowest BCUT2D eigenvalue weighted by molar-refractivity contribution is -0.384. The molecule has 0 aliphatic heterocycles. The van der Waals surface area contributed by atoms with Gasteiger partial charge in [-0.25, -0.2) is 13.1 Å². The molecule has 0 radical (unpaired) electrons. The van der Waals surface area contributed by atoms with Gasteiger partial charge in [-0.2, -0.15) is 0 Å². The molecule has 0 saturated carbocycles. The Morgan fingerprint density at radius 1 is 1.33 bits per heavy atom. The largest absolute Gasteiger partial charge is 0.318 e. The number of benzene rings is 1. The number of nitro groups is 1. The molecule has 118 valence electrons. The van der Waals surface area contributed by atoms with E-state index in [9.17, 15) is 18.5 Å². The second-order valence-electron chi connectivity index (χ2n) is 4.95. The van der Waals surface area contributed by atoms with E-state index < -0.39 is 26.2 Å². The Balaban J connectivity index is 3.27. The van der Waals surface area contributed by atoms with E-state index in [4.69, 9.17) is 5.84 Å². The summed E-state index contributed by atoms with van der Waals surface area (Å²) >= 11 is 0. The fraction of sp³-hybridized carbons (Fsp3) is 0.500. The highest BCUT2D eigenvalue weighted by molar-refractivity contribution is 7.89. The summed E-state index contributed by atoms with van der Waals surface area (Å²) in [6, 6.07) is 3.53. The number of anilines is 1. The first kappa shape index (κ1) is 17.3. The number of nitro benzene ring substituents is 1. The van der Waals surface area contributed by atoms with Gasteiger partial charge in [-0.3, -0.25) is 16.0 Å². The number of hydrogen-bond donors (Lipinski definition) is 3. The maximum atomic E-state index is 12.4. The molecule has 1 rings (SSSR count). The van der Waals surface area contributed by atoms with Crippen LogP contribution < -0.4 is 16.0 Å². The minimum absolute atomic E-state index is 0.0488. The number of hydrogen-bond acceptors (Lipinski definition) is 6. The summed E-state index contributed by atoms with van der Waals surface area (Å²) in [7, 11) is -3.85. The van der Waals surface area contributed by atoms with Crippen molar-refractivity contribution in [1.29, 1.82) is 0 Å². The van der Waals surface area contributed by atoms with E-state index in [0.29, 0.717) is 12.8 Å². The van der Waals surface area contributed by atoms with Gasteiger partial charge in [0.15, 0.2) is 0 Å². The summed E-state index contributed by atoms with van der Waals surface area (Å²) in [4.78, 5) is 10.1. The predicted octanol–water partition coefficient (Wildman–Crippen LogP) is 1.74. The normalized spacial score (nSPS) is 12.2. The first-order valence-corrected chi connectivity index (χ1v) is 7.96. The molecule has 21 heavy (non-hydrogen) atoms. The van der Waals surface area contributed by atoms with Crippen LogP contribution in [0.25, 0.3) is 0 Å². The second kappa shape index (κ2) is 6.37. The van der Waals surface area contributed by atoms with Crippen LogP contribution in [-0.2, 0) is 10.0 Å². The monoisotopic (exact) mass is 316 g/mol. The van der Waals surface area contributed by atoms with Crippen molar-refractivity contribution < 1.29 is 13.3 Å². The lowest BCUT2D eigenvalue weighted by atomic mass is 9.98. The molecule has 0 aliphatic rings. The third-order valence-corrected chi connectivity index (χ3v) is 5.21. The molecule has 4 N–H and O–H groups in total. The van der Waals surface area contributed by atoms with Gasteiger partial charge in [0.05, 0.1) is 9.82 Å². The standard InChI is InChI=1S/C12H20N4O4S/c1-4-12(3,5-2)15-21(19,20)9-6-7-10(14-13)11(8-9)16(17)18/h6-8,14-15H,4-5,13H2,1-3H3. The average molecular weight is 316 g/mol. The molecular formula is C12H20N4O4S. The molecule has 9 heteroatoms. The van der Waals surface area contributed by atoms with E-state index >= 15 is 0 Å². The molecule has 0 bridgehead atoms. The average Bonchev–Trinajstić information content (AvgIpc) is 2.45. The zero-order chi connectivity index (χ0) is 16.3. The summed E-state index contributed by atoms with van der Waals surface area (Å²) < 4.78 is 27.3. The van der Waals surface area contributed by atoms with Crippen molar-refractivity contribution in [2.45, 2.75) is 44.0 Å². The van der Waals surface area contributed by atoms with Crippen molar-refractivity contribution >= 4 is 21.4 Å². The molecule has 0 amide bonds. The third-order valence-electron chi connectivity index (χ3n) is 3.57. The number of nitrogens with zero attached hydrogens (tertiary/aromatic N) is 1. The minimum Gasteiger partial charge on any atom is -0.318 e. The first-order valence-electron chi connectivity index (χ1n) is 6.48. The number of nitrogen functional groups attached to an aromatic ring is 1. The molecule has 0 unspecified atom stereocenters. The van der Waals surface area contributed by atoms with Gasteiger partial charge in [-0.1, -0.05) is 13.8 Å². The van der Waals surface area contributed by atoms with Crippen LogP contribution in [0, 0.1) is 10.1 Å². The number of rotatable bonds is 7. The van der Waals surface area contributed by atoms with E-state index in [0.717, 1.165) is 6.07 Å². The maximum Gasteiger partial charge on any atom is 0.294 e. The van der Waals surface area contributed by atoms with Crippen molar-refractivity contribution in [3.8, 4) is 0 Å². The topological polar surface area (TPSA) is 127 Å². The van der Waals surface area contributed by atoms with Crippen molar-refractivity contribution in [2.24, 2.45) is 5.84 Å². The van der Waals surface area contributed by atoms with E-state index in [2.05, 4.69) is 10.1 Å². The van der Waals surface area contributed by atoms with Crippen LogP contribution in [0.4, 0.5) is 11.4 Å². The molecular weight excluding hydrogens is 296 g/mol. The quantitative estimate of drug-likeness (QED) is 0.399. The predicted molar refractivity (Wildman–Crippen MR) is 80.2 cm³/mol. The number of hydrazine groups is 1. The Morgan fingerprint density at radius 2 is 1.90 bits per heavy atom. The van der Waals surface area contributed by atoms with E-state index in [1.54, 1.807) is 6.92 Å². The van der Waals surface area contributed by atoms with Gasteiger partial charge in [0.25, 0.3) is 5.69 Å². The first-order chi connectivity index (χ1) is 9.69. The molecule has 0 aromatic heterocycles. The maximum absolute atomic E-state index is 12.4. The van der Waals surface area contributed by atoms with Crippen LogP contribution in [0.5, 0.6) is 0 Å². The van der Waals surface area contributed by atoms with Crippen LogP contribution in [-0.4, -0.2) is 18.9 Å². The van der Waals surface area contributed by atoms with Crippen molar-refractivity contribution in [1.82, 2.24) is 4.72 Å². The van der Waals surface area contributed by atoms with Gasteiger partial charge >= 0.3 is 0 Å². The molecule has 0 aliphatic carbocycles. The highest BCUT2D eigenvalue weighted by Crippen LogP contribution is 2.27. The molecule has 8 nitrogen and oxygen atoms in total. The summed E-state index contributed by atoms with van der Waals surface area (Å²) in [5.74, 6) is 5.17. The molecule has 1 aromatic carbocycles. The van der Waals surface area contributed by atoms with Crippen LogP contribution in [0.15, 0.2) is 23.1 Å². The number of nitrogens with two attached hydrogens (primary N) is 1. The Kier molecular flexibility index (Phi) is 5.26. The van der Waals surface area contributed by atoms with Crippen molar-refractivity contribution in [3.05, 3.63) is 28.3 Å². The van der Waals surface area contributed by atoms with Gasteiger partial charge in [0.1, 0.15) is 5.69 Å². The Morgan fingerprint density at radius 3 is 2.33 bits per heavy atom. The summed E-state index contributed by atoms with van der Waals surface area (Å²) in [5.41, 5.74) is 1.23. The fourth-order valence-electron chi connectivity index (χ4n) is 1.73. The van der Waals surface area contributed by atoms with Crippen molar-refractivity contribution in [3.63, 3.8) is 0 Å². The van der Waals surface area contributed by atoms with E-state index in [-0.39, 0.29) is 10.6 Å². The second-order valence-corrected chi connectivity index (χ2v) is 6.64. The van der Waals surface area contributed by atoms with Gasteiger partial charge in [0.2, 0.25) is 10.0 Å². The fourth-order valence-corrected chi connectivity index (χ4v) is 3.30. The van der Waals surface area contributed by atoms with Crippen LogP contribution in [0.3, 0.4) is 0 Å². The van der Waals surface area contributed by atoms with Crippen molar-refractivity contribution in [2.75, 3.05) is 5.43 Å². The van der Waals surface area contributed by atoms with Gasteiger partial charge < -0.3 is 5.43 Å². The molecule has 0 saturated heterocycles. The van der Waals surface area contributed by atoms with Gasteiger partial charge in [-0.05, 0) is 31.9 Å². The molecule has 1 aromatic rings. The number of sulfonamides is 1. The summed E-state index contributed by atoms with van der Waals surface area (Å²) in [5, 5.41) is 11.0. The molecule has 0 atom stereocenters. The summed E-state index contributed by atoms with van der Waals surface area (Å²) in [6.45, 7) is 5.53. The molecule has 0 fully saturated rings. The summed E-state index contributed by atoms with van der Waals surface area (Å²) in [6.07, 6.45) is 1.21.